The summed E-state index contributed by atoms with van der Waals surface area (Å²) in [6.07, 6.45) is -1.10. The summed E-state index contributed by atoms with van der Waals surface area (Å²) in [7, 11) is 0. The van der Waals surface area contributed by atoms with E-state index in [0.717, 1.165) is 25.2 Å². The molecule has 0 heterocycles. The maximum atomic E-state index is 12.3. The second-order valence-corrected chi connectivity index (χ2v) is 6.65. The maximum Gasteiger partial charge on any atom is 0.520 e. The van der Waals surface area contributed by atoms with E-state index in [4.69, 9.17) is 0 Å². The molecule has 0 aromatic rings. The van der Waals surface area contributed by atoms with E-state index in [0.29, 0.717) is 35.5 Å². The summed E-state index contributed by atoms with van der Waals surface area (Å²) in [4.78, 5) is 0. The quantitative estimate of drug-likeness (QED) is 0.498. The van der Waals surface area contributed by atoms with Gasteiger partial charge in [0, 0.05) is 0 Å². The summed E-state index contributed by atoms with van der Waals surface area (Å²) in [5.41, 5.74) is -0.371. The van der Waals surface area contributed by atoms with Crippen molar-refractivity contribution in [3.8, 4) is 0 Å². The van der Waals surface area contributed by atoms with E-state index in [-0.39, 0.29) is 5.54 Å². The van der Waals surface area contributed by atoms with E-state index in [1.807, 2.05) is 0 Å². The first-order valence-corrected chi connectivity index (χ1v) is 6.53. The summed E-state index contributed by atoms with van der Waals surface area (Å²) < 4.78 is 36.9. The number of nitrogens with zero attached hydrogens (tertiary/aromatic N) is 2. The molecule has 6 rings (SSSR count). The van der Waals surface area contributed by atoms with Gasteiger partial charge in [-0.05, 0) is 60.7 Å². The Hall–Kier alpha value is -0.610. The lowest BCUT2D eigenvalue weighted by Crippen LogP contribution is -2.46. The first-order chi connectivity index (χ1) is 8.02. The van der Waals surface area contributed by atoms with Crippen LogP contribution in [0, 0.1) is 41.4 Å². The highest BCUT2D eigenvalue weighted by Crippen LogP contribution is 2.85. The Labute approximate surface area is 96.7 Å². The minimum absolute atomic E-state index is 0.371. The van der Waals surface area contributed by atoms with Crippen LogP contribution < -0.4 is 0 Å². The summed E-state index contributed by atoms with van der Waals surface area (Å²) in [5, 5.41) is 6.61. The summed E-state index contributed by atoms with van der Waals surface area (Å²) >= 11 is 0. The van der Waals surface area contributed by atoms with Crippen molar-refractivity contribution >= 4 is 0 Å². The second-order valence-electron chi connectivity index (χ2n) is 6.65. The molecule has 6 aliphatic rings. The molecule has 6 atom stereocenters. The molecule has 5 heteroatoms. The van der Waals surface area contributed by atoms with Crippen LogP contribution in [0.1, 0.15) is 19.3 Å². The molecule has 6 saturated carbocycles. The zero-order valence-corrected chi connectivity index (χ0v) is 9.19. The molecule has 0 N–H and O–H groups in total. The van der Waals surface area contributed by atoms with Gasteiger partial charge in [-0.2, -0.15) is 5.11 Å². The fraction of sp³-hybridized carbons (Fsp3) is 1.00. The highest BCUT2D eigenvalue weighted by atomic mass is 19.4. The number of halogens is 3. The summed E-state index contributed by atoms with van der Waals surface area (Å²) in [6.45, 7) is 0. The predicted octanol–water partition coefficient (Wildman–Crippen LogP) is 3.25. The molecule has 0 aromatic carbocycles. The molecule has 0 saturated heterocycles. The van der Waals surface area contributed by atoms with E-state index in [9.17, 15) is 13.2 Å². The molecule has 0 aromatic heterocycles. The lowest BCUT2D eigenvalue weighted by molar-refractivity contribution is -0.129. The van der Waals surface area contributed by atoms with Gasteiger partial charge >= 0.3 is 6.30 Å². The van der Waals surface area contributed by atoms with Crippen molar-refractivity contribution in [2.45, 2.75) is 31.1 Å². The Morgan fingerprint density at radius 2 is 1.35 bits per heavy atom. The van der Waals surface area contributed by atoms with Gasteiger partial charge in [0.2, 0.25) is 0 Å². The van der Waals surface area contributed by atoms with Gasteiger partial charge in [-0.3, -0.25) is 0 Å². The molecule has 92 valence electrons. The van der Waals surface area contributed by atoms with E-state index in [2.05, 4.69) is 10.2 Å². The minimum Gasteiger partial charge on any atom is -0.178 e. The van der Waals surface area contributed by atoms with Crippen LogP contribution in [0.2, 0.25) is 0 Å². The predicted molar refractivity (Wildman–Crippen MR) is 51.9 cm³/mol. The van der Waals surface area contributed by atoms with Gasteiger partial charge in [0.1, 0.15) is 0 Å². The first kappa shape index (κ1) is 9.34. The molecule has 0 aliphatic heterocycles. The van der Waals surface area contributed by atoms with Crippen molar-refractivity contribution in [2.75, 3.05) is 0 Å². The fourth-order valence-electron chi connectivity index (χ4n) is 5.66. The third-order valence-electron chi connectivity index (χ3n) is 6.12. The first-order valence-electron chi connectivity index (χ1n) is 6.53. The Morgan fingerprint density at radius 1 is 0.882 bits per heavy atom. The summed E-state index contributed by atoms with van der Waals surface area (Å²) in [5.74, 6) is 4.32. The fourth-order valence-corrected chi connectivity index (χ4v) is 5.66. The normalized spacial score (nSPS) is 65.2. The molecule has 6 fully saturated rings. The smallest absolute Gasteiger partial charge is 0.178 e. The number of rotatable bonds is 1. The van der Waals surface area contributed by atoms with E-state index in [1.165, 1.54) is 0 Å². The lowest BCUT2D eigenvalue weighted by atomic mass is 9.66. The van der Waals surface area contributed by atoms with Gasteiger partial charge in [0.25, 0.3) is 0 Å². The molecule has 2 nitrogen and oxygen atoms in total. The van der Waals surface area contributed by atoms with Gasteiger partial charge in [0.15, 0.2) is 0 Å². The van der Waals surface area contributed by atoms with Crippen molar-refractivity contribution in [3.05, 3.63) is 0 Å². The van der Waals surface area contributed by atoms with Crippen LogP contribution in [-0.4, -0.2) is 11.8 Å². The Morgan fingerprint density at radius 3 is 1.76 bits per heavy atom. The van der Waals surface area contributed by atoms with Crippen molar-refractivity contribution in [1.29, 1.82) is 0 Å². The standard InChI is InChI=1S/C12H13F3N2/c13-12(14,15)17-16-11-7-1-4(7)10(5-2-8(5)11)6-3-9(6)11/h4-10H,1-3H2. The molecular weight excluding hydrogens is 229 g/mol. The Balaban J connectivity index is 1.59. The van der Waals surface area contributed by atoms with Gasteiger partial charge in [-0.15, -0.1) is 13.2 Å². The molecule has 0 radical (unpaired) electrons. The Bertz CT molecular complexity index is 398. The van der Waals surface area contributed by atoms with Crippen LogP contribution in [0.25, 0.3) is 0 Å². The molecular formula is C12H13F3N2. The molecule has 17 heavy (non-hydrogen) atoms. The highest BCUT2D eigenvalue weighted by molar-refractivity contribution is 5.34. The monoisotopic (exact) mass is 242 g/mol. The van der Waals surface area contributed by atoms with E-state index < -0.39 is 6.30 Å². The van der Waals surface area contributed by atoms with Crippen LogP contribution in [-0.2, 0) is 0 Å². The number of azo groups is 1. The van der Waals surface area contributed by atoms with Crippen LogP contribution in [0.4, 0.5) is 13.2 Å². The van der Waals surface area contributed by atoms with Crippen molar-refractivity contribution < 1.29 is 13.2 Å². The zero-order chi connectivity index (χ0) is 11.6. The molecule has 2 bridgehead atoms. The third-order valence-corrected chi connectivity index (χ3v) is 6.12. The number of hydrogen-bond donors (Lipinski definition) is 0. The molecule has 0 spiro atoms. The van der Waals surface area contributed by atoms with Crippen LogP contribution in [0.5, 0.6) is 0 Å². The molecule has 0 amide bonds. The van der Waals surface area contributed by atoms with E-state index >= 15 is 0 Å². The highest BCUT2D eigenvalue weighted by Gasteiger charge is 2.84. The van der Waals surface area contributed by atoms with Crippen LogP contribution >= 0.6 is 0 Å². The van der Waals surface area contributed by atoms with Crippen molar-refractivity contribution in [1.82, 2.24) is 0 Å². The van der Waals surface area contributed by atoms with E-state index in [1.54, 1.807) is 0 Å². The van der Waals surface area contributed by atoms with Crippen LogP contribution in [0.15, 0.2) is 10.2 Å². The topological polar surface area (TPSA) is 24.7 Å². The molecule has 6 unspecified atom stereocenters. The van der Waals surface area contributed by atoms with Crippen molar-refractivity contribution in [2.24, 2.45) is 51.7 Å². The number of hydrogen-bond acceptors (Lipinski definition) is 2. The van der Waals surface area contributed by atoms with Gasteiger partial charge in [0.05, 0.1) is 5.54 Å². The maximum absolute atomic E-state index is 12.3. The van der Waals surface area contributed by atoms with Gasteiger partial charge in [-0.1, -0.05) is 5.11 Å². The van der Waals surface area contributed by atoms with Crippen LogP contribution in [0.3, 0.4) is 0 Å². The molecule has 6 aliphatic carbocycles. The average molecular weight is 242 g/mol. The lowest BCUT2D eigenvalue weighted by Gasteiger charge is -2.41. The average Bonchev–Trinajstić information content (AvgIpc) is 3.04. The minimum atomic E-state index is -4.48. The largest absolute Gasteiger partial charge is 0.520 e. The SMILES string of the molecule is FC(F)(F)N=NC12C3CC3C(C3CC31)C1CC12. The number of alkyl halides is 3. The second kappa shape index (κ2) is 2.28. The zero-order valence-electron chi connectivity index (χ0n) is 9.19. The van der Waals surface area contributed by atoms with Crippen molar-refractivity contribution in [3.63, 3.8) is 0 Å². The third kappa shape index (κ3) is 0.933. The summed E-state index contributed by atoms with van der Waals surface area (Å²) in [6, 6.07) is 0. The van der Waals surface area contributed by atoms with Gasteiger partial charge < -0.3 is 0 Å². The Kier molecular flexibility index (Phi) is 1.25. The van der Waals surface area contributed by atoms with Gasteiger partial charge in [-0.25, -0.2) is 0 Å².